The predicted octanol–water partition coefficient (Wildman–Crippen LogP) is 5.67. The van der Waals surface area contributed by atoms with E-state index in [1.54, 1.807) is 24.0 Å². The van der Waals surface area contributed by atoms with Gasteiger partial charge in [0.25, 0.3) is 0 Å². The van der Waals surface area contributed by atoms with Gasteiger partial charge >= 0.3 is 0 Å². The fraction of sp³-hybridized carbons (Fsp3) is 0.333. The Morgan fingerprint density at radius 3 is 2.42 bits per heavy atom. The summed E-state index contributed by atoms with van der Waals surface area (Å²) in [5, 5.41) is 5.82. The van der Waals surface area contributed by atoms with E-state index in [9.17, 15) is 4.39 Å². The molecule has 0 saturated heterocycles. The van der Waals surface area contributed by atoms with Gasteiger partial charge in [-0.2, -0.15) is 5.10 Å². The summed E-state index contributed by atoms with van der Waals surface area (Å²) >= 11 is 1.71. The van der Waals surface area contributed by atoms with Crippen LogP contribution in [0.2, 0.25) is 0 Å². The topological polar surface area (TPSA) is 30.7 Å². The fourth-order valence-electron chi connectivity index (χ4n) is 3.06. The van der Waals surface area contributed by atoms with Crippen molar-refractivity contribution < 1.29 is 4.39 Å². The second-order valence-corrected chi connectivity index (χ2v) is 8.04. The number of halogens is 1. The number of benzene rings is 1. The van der Waals surface area contributed by atoms with E-state index in [-0.39, 0.29) is 11.9 Å². The molecule has 0 unspecified atom stereocenters. The average molecular weight is 370 g/mol. The molecule has 0 aliphatic rings. The Hall–Kier alpha value is -2.14. The second kappa shape index (κ2) is 7.62. The van der Waals surface area contributed by atoms with E-state index >= 15 is 0 Å². The van der Waals surface area contributed by atoms with E-state index in [2.05, 4.69) is 50.9 Å². The van der Waals surface area contributed by atoms with Crippen LogP contribution in [-0.4, -0.2) is 14.8 Å². The first-order valence-corrected chi connectivity index (χ1v) is 9.59. The number of aromatic nitrogens is 3. The van der Waals surface area contributed by atoms with Gasteiger partial charge in [0.15, 0.2) is 0 Å². The molecule has 0 N–H and O–H groups in total. The highest BCUT2D eigenvalue weighted by Gasteiger charge is 2.20. The lowest BCUT2D eigenvalue weighted by molar-refractivity contribution is 0.489. The van der Waals surface area contributed by atoms with E-state index in [0.717, 1.165) is 16.3 Å². The van der Waals surface area contributed by atoms with Crippen LogP contribution in [0.5, 0.6) is 0 Å². The molecular weight excluding hydrogens is 345 g/mol. The minimum atomic E-state index is -0.272. The quantitative estimate of drug-likeness (QED) is 0.581. The zero-order valence-corrected chi connectivity index (χ0v) is 16.7. The Labute approximate surface area is 158 Å². The summed E-state index contributed by atoms with van der Waals surface area (Å²) in [6.45, 7) is 10.5. The Bertz CT molecular complexity index is 911. The van der Waals surface area contributed by atoms with Crippen LogP contribution in [0, 0.1) is 26.6 Å². The summed E-state index contributed by atoms with van der Waals surface area (Å²) in [5.74, 6) is -0.272. The normalized spacial score (nSPS) is 11.3. The van der Waals surface area contributed by atoms with Gasteiger partial charge in [0.1, 0.15) is 10.8 Å². The van der Waals surface area contributed by atoms with Crippen molar-refractivity contribution in [1.29, 1.82) is 0 Å². The van der Waals surface area contributed by atoms with Crippen LogP contribution >= 0.6 is 11.8 Å². The van der Waals surface area contributed by atoms with Crippen LogP contribution in [0.25, 0.3) is 0 Å². The summed E-state index contributed by atoms with van der Waals surface area (Å²) < 4.78 is 16.2. The summed E-state index contributed by atoms with van der Waals surface area (Å²) in [6.07, 6.45) is 3.42. The first kappa shape index (κ1) is 18.6. The van der Waals surface area contributed by atoms with Crippen LogP contribution in [0.3, 0.4) is 0 Å². The molecule has 2 aromatic heterocycles. The number of pyridine rings is 1. The molecule has 0 fully saturated rings. The molecule has 0 bridgehead atoms. The van der Waals surface area contributed by atoms with Crippen molar-refractivity contribution in [2.75, 3.05) is 0 Å². The lowest BCUT2D eigenvalue weighted by Gasteiger charge is -2.13. The molecule has 5 heteroatoms. The summed E-state index contributed by atoms with van der Waals surface area (Å²) in [4.78, 5) is 5.03. The lowest BCUT2D eigenvalue weighted by atomic mass is 10.1. The minimum absolute atomic E-state index is 0.234. The third kappa shape index (κ3) is 3.98. The zero-order valence-electron chi connectivity index (χ0n) is 15.9. The monoisotopic (exact) mass is 369 g/mol. The number of hydrogen-bond acceptors (Lipinski definition) is 3. The molecule has 0 spiro atoms. The highest BCUT2D eigenvalue weighted by molar-refractivity contribution is 7.99. The van der Waals surface area contributed by atoms with Crippen LogP contribution in [0.15, 0.2) is 46.6 Å². The third-order valence-corrected chi connectivity index (χ3v) is 5.38. The van der Waals surface area contributed by atoms with Crippen molar-refractivity contribution in [3.8, 4) is 0 Å². The van der Waals surface area contributed by atoms with E-state index in [4.69, 9.17) is 5.10 Å². The molecule has 26 heavy (non-hydrogen) atoms. The zero-order chi connectivity index (χ0) is 18.8. The van der Waals surface area contributed by atoms with Gasteiger partial charge in [-0.25, -0.2) is 4.39 Å². The minimum Gasteiger partial charge on any atom is -0.262 e. The van der Waals surface area contributed by atoms with Crippen molar-refractivity contribution >= 4 is 11.8 Å². The van der Waals surface area contributed by atoms with Crippen molar-refractivity contribution in [3.63, 3.8) is 0 Å². The molecular formula is C21H24FN3S. The summed E-state index contributed by atoms with van der Waals surface area (Å²) in [6, 6.07) is 8.51. The van der Waals surface area contributed by atoms with Gasteiger partial charge in [0.05, 0.1) is 11.9 Å². The SMILES string of the molecule is Cc1cc(C)cc(Sc2c(Cc3ccncc3F)c(C)nn2C(C)C)c1. The summed E-state index contributed by atoms with van der Waals surface area (Å²) in [7, 11) is 0. The van der Waals surface area contributed by atoms with Gasteiger partial charge in [0.2, 0.25) is 0 Å². The second-order valence-electron chi connectivity index (χ2n) is 6.98. The Morgan fingerprint density at radius 2 is 1.81 bits per heavy atom. The van der Waals surface area contributed by atoms with Crippen LogP contribution < -0.4 is 0 Å². The predicted molar refractivity (Wildman–Crippen MR) is 104 cm³/mol. The van der Waals surface area contributed by atoms with Crippen LogP contribution in [0.1, 0.15) is 47.8 Å². The lowest BCUT2D eigenvalue weighted by Crippen LogP contribution is -2.05. The third-order valence-electron chi connectivity index (χ3n) is 4.28. The molecule has 3 aromatic rings. The Balaban J connectivity index is 2.05. The largest absolute Gasteiger partial charge is 0.262 e. The Morgan fingerprint density at radius 1 is 1.12 bits per heavy atom. The molecule has 0 atom stereocenters. The maximum Gasteiger partial charge on any atom is 0.145 e. The molecule has 136 valence electrons. The van der Waals surface area contributed by atoms with Crippen LogP contribution in [-0.2, 0) is 6.42 Å². The molecule has 0 saturated carbocycles. The average Bonchev–Trinajstić information content (AvgIpc) is 2.85. The number of nitrogens with zero attached hydrogens (tertiary/aromatic N) is 3. The van der Waals surface area contributed by atoms with Crippen LogP contribution in [0.4, 0.5) is 4.39 Å². The molecule has 2 heterocycles. The first-order chi connectivity index (χ1) is 12.3. The smallest absolute Gasteiger partial charge is 0.145 e. The highest BCUT2D eigenvalue weighted by atomic mass is 32.2. The van der Waals surface area contributed by atoms with Gasteiger partial charge in [-0.3, -0.25) is 9.67 Å². The van der Waals surface area contributed by atoms with E-state index in [0.29, 0.717) is 12.0 Å². The molecule has 1 aromatic carbocycles. The molecule has 3 rings (SSSR count). The summed E-state index contributed by atoms with van der Waals surface area (Å²) in [5.41, 5.74) is 5.14. The van der Waals surface area contributed by atoms with Gasteiger partial charge < -0.3 is 0 Å². The fourth-order valence-corrected chi connectivity index (χ4v) is 4.46. The van der Waals surface area contributed by atoms with Gasteiger partial charge in [-0.05, 0) is 69.5 Å². The van der Waals surface area contributed by atoms with E-state index in [1.165, 1.54) is 22.2 Å². The van der Waals surface area contributed by atoms with Crippen molar-refractivity contribution in [3.05, 3.63) is 70.4 Å². The molecule has 3 nitrogen and oxygen atoms in total. The molecule has 0 aliphatic carbocycles. The Kier molecular flexibility index (Phi) is 5.47. The molecule has 0 aliphatic heterocycles. The number of hydrogen-bond donors (Lipinski definition) is 0. The first-order valence-electron chi connectivity index (χ1n) is 8.77. The standard InChI is InChI=1S/C21H24FN3S/c1-13(2)25-21(26-18-9-14(3)8-15(4)10-18)19(16(5)24-25)11-17-6-7-23-12-20(17)22/h6-10,12-13H,11H2,1-5H3. The van der Waals surface area contributed by atoms with E-state index in [1.807, 2.05) is 11.6 Å². The molecule has 0 amide bonds. The number of rotatable bonds is 5. The molecule has 0 radical (unpaired) electrons. The maximum atomic E-state index is 14.1. The van der Waals surface area contributed by atoms with E-state index < -0.39 is 0 Å². The van der Waals surface area contributed by atoms with Crippen molar-refractivity contribution in [2.45, 2.75) is 57.0 Å². The van der Waals surface area contributed by atoms with Gasteiger partial charge in [-0.1, -0.05) is 17.8 Å². The highest BCUT2D eigenvalue weighted by Crippen LogP contribution is 2.36. The van der Waals surface area contributed by atoms with Gasteiger partial charge in [-0.15, -0.1) is 0 Å². The maximum absolute atomic E-state index is 14.1. The van der Waals surface area contributed by atoms with Crippen molar-refractivity contribution in [1.82, 2.24) is 14.8 Å². The van der Waals surface area contributed by atoms with Gasteiger partial charge in [0, 0.05) is 29.1 Å². The van der Waals surface area contributed by atoms with Crippen molar-refractivity contribution in [2.24, 2.45) is 0 Å². The number of aryl methyl sites for hydroxylation is 3.